The summed E-state index contributed by atoms with van der Waals surface area (Å²) in [4.78, 5) is 21.4. The standard InChI is InChI=1S/C14H18N4O/c19-13(18-9-7-15-8-10-18)2-1-11-3-5-16-14-12(11)4-6-17-14/h3-6,15H,1-2,7-10H2,(H,16,17). The minimum absolute atomic E-state index is 0.252. The van der Waals surface area contributed by atoms with Gasteiger partial charge in [0.25, 0.3) is 0 Å². The highest BCUT2D eigenvalue weighted by Gasteiger charge is 2.16. The van der Waals surface area contributed by atoms with E-state index in [1.807, 2.05) is 23.2 Å². The Morgan fingerprint density at radius 1 is 1.32 bits per heavy atom. The smallest absolute Gasteiger partial charge is 0.222 e. The van der Waals surface area contributed by atoms with Crippen LogP contribution in [0.1, 0.15) is 12.0 Å². The van der Waals surface area contributed by atoms with Gasteiger partial charge < -0.3 is 15.2 Å². The molecule has 2 aromatic heterocycles. The molecule has 0 bridgehead atoms. The summed E-state index contributed by atoms with van der Waals surface area (Å²) in [6, 6.07) is 4.02. The highest BCUT2D eigenvalue weighted by Crippen LogP contribution is 2.17. The zero-order chi connectivity index (χ0) is 13.1. The summed E-state index contributed by atoms with van der Waals surface area (Å²) in [5, 5.41) is 4.38. The van der Waals surface area contributed by atoms with Gasteiger partial charge in [-0.1, -0.05) is 0 Å². The van der Waals surface area contributed by atoms with Crippen LogP contribution in [0.2, 0.25) is 0 Å². The molecule has 3 heterocycles. The Morgan fingerprint density at radius 2 is 2.16 bits per heavy atom. The van der Waals surface area contributed by atoms with Crippen molar-refractivity contribution in [1.82, 2.24) is 20.2 Å². The molecule has 2 N–H and O–H groups in total. The van der Waals surface area contributed by atoms with E-state index in [0.717, 1.165) is 43.6 Å². The maximum atomic E-state index is 12.1. The van der Waals surface area contributed by atoms with Crippen LogP contribution in [-0.2, 0) is 11.2 Å². The van der Waals surface area contributed by atoms with Gasteiger partial charge in [0.05, 0.1) is 0 Å². The number of nitrogens with one attached hydrogen (secondary N) is 2. The van der Waals surface area contributed by atoms with E-state index in [9.17, 15) is 4.79 Å². The molecule has 3 rings (SSSR count). The van der Waals surface area contributed by atoms with E-state index < -0.39 is 0 Å². The lowest BCUT2D eigenvalue weighted by molar-refractivity contribution is -0.131. The number of aromatic amines is 1. The molecule has 19 heavy (non-hydrogen) atoms. The van der Waals surface area contributed by atoms with Crippen molar-refractivity contribution >= 4 is 16.9 Å². The third kappa shape index (κ3) is 2.61. The Labute approximate surface area is 112 Å². The molecule has 5 nitrogen and oxygen atoms in total. The van der Waals surface area contributed by atoms with Crippen LogP contribution < -0.4 is 5.32 Å². The number of rotatable bonds is 3. The van der Waals surface area contributed by atoms with Crippen LogP contribution in [0.3, 0.4) is 0 Å². The summed E-state index contributed by atoms with van der Waals surface area (Å²) in [7, 11) is 0. The quantitative estimate of drug-likeness (QED) is 0.861. The van der Waals surface area contributed by atoms with Gasteiger partial charge in [-0.3, -0.25) is 4.79 Å². The average molecular weight is 258 g/mol. The van der Waals surface area contributed by atoms with Gasteiger partial charge in [-0.05, 0) is 24.1 Å². The minimum atomic E-state index is 0.252. The molecule has 100 valence electrons. The second kappa shape index (κ2) is 5.40. The van der Waals surface area contributed by atoms with Gasteiger partial charge in [-0.2, -0.15) is 0 Å². The molecule has 1 aliphatic rings. The molecule has 0 unspecified atom stereocenters. The summed E-state index contributed by atoms with van der Waals surface area (Å²) >= 11 is 0. The molecule has 0 atom stereocenters. The van der Waals surface area contributed by atoms with Gasteiger partial charge >= 0.3 is 0 Å². The first kappa shape index (κ1) is 12.2. The SMILES string of the molecule is O=C(CCc1ccnc2[nH]ccc12)N1CCNCC1. The molecule has 1 fully saturated rings. The van der Waals surface area contributed by atoms with Crippen LogP contribution in [0.4, 0.5) is 0 Å². The van der Waals surface area contributed by atoms with Crippen LogP contribution in [0, 0.1) is 0 Å². The summed E-state index contributed by atoms with van der Waals surface area (Å²) in [5.74, 6) is 0.252. The zero-order valence-corrected chi connectivity index (χ0v) is 10.9. The average Bonchev–Trinajstić information content (AvgIpc) is 2.94. The molecular weight excluding hydrogens is 240 g/mol. The number of carbonyl (C=O) groups excluding carboxylic acids is 1. The van der Waals surface area contributed by atoms with E-state index in [2.05, 4.69) is 15.3 Å². The molecule has 0 saturated carbocycles. The topological polar surface area (TPSA) is 61.0 Å². The fraction of sp³-hybridized carbons (Fsp3) is 0.429. The number of H-pyrrole nitrogens is 1. The number of hydrogen-bond acceptors (Lipinski definition) is 3. The van der Waals surface area contributed by atoms with Crippen LogP contribution in [0.25, 0.3) is 11.0 Å². The second-order valence-corrected chi connectivity index (χ2v) is 4.84. The maximum Gasteiger partial charge on any atom is 0.222 e. The van der Waals surface area contributed by atoms with E-state index in [-0.39, 0.29) is 5.91 Å². The van der Waals surface area contributed by atoms with Gasteiger partial charge in [-0.25, -0.2) is 4.98 Å². The number of hydrogen-bond donors (Lipinski definition) is 2. The van der Waals surface area contributed by atoms with Crippen molar-refractivity contribution in [3.05, 3.63) is 30.1 Å². The van der Waals surface area contributed by atoms with E-state index in [1.54, 1.807) is 6.20 Å². The molecule has 1 amide bonds. The highest BCUT2D eigenvalue weighted by atomic mass is 16.2. The summed E-state index contributed by atoms with van der Waals surface area (Å²) < 4.78 is 0. The number of fused-ring (bicyclic) bond motifs is 1. The monoisotopic (exact) mass is 258 g/mol. The molecule has 0 spiro atoms. The van der Waals surface area contributed by atoms with Gasteiger partial charge in [-0.15, -0.1) is 0 Å². The van der Waals surface area contributed by atoms with Gasteiger partial charge in [0.2, 0.25) is 5.91 Å². The molecule has 2 aromatic rings. The summed E-state index contributed by atoms with van der Waals surface area (Å²) in [5.41, 5.74) is 2.09. The number of piperazine rings is 1. The molecule has 0 radical (unpaired) electrons. The van der Waals surface area contributed by atoms with E-state index >= 15 is 0 Å². The molecule has 0 aromatic carbocycles. The van der Waals surface area contributed by atoms with Crippen molar-refractivity contribution in [1.29, 1.82) is 0 Å². The fourth-order valence-electron chi connectivity index (χ4n) is 2.55. The molecule has 0 aliphatic carbocycles. The van der Waals surface area contributed by atoms with E-state index in [4.69, 9.17) is 0 Å². The first-order chi connectivity index (χ1) is 9.34. The number of pyridine rings is 1. The first-order valence-corrected chi connectivity index (χ1v) is 6.74. The predicted octanol–water partition coefficient (Wildman–Crippen LogP) is 0.927. The number of amides is 1. The lowest BCUT2D eigenvalue weighted by atomic mass is 10.1. The molecular formula is C14H18N4O. The van der Waals surface area contributed by atoms with E-state index in [0.29, 0.717) is 6.42 Å². The van der Waals surface area contributed by atoms with Crippen LogP contribution in [-0.4, -0.2) is 47.0 Å². The molecule has 1 saturated heterocycles. The van der Waals surface area contributed by atoms with Crippen molar-refractivity contribution in [3.63, 3.8) is 0 Å². The van der Waals surface area contributed by atoms with Crippen molar-refractivity contribution in [2.24, 2.45) is 0 Å². The Kier molecular flexibility index (Phi) is 3.46. The van der Waals surface area contributed by atoms with Crippen molar-refractivity contribution in [3.8, 4) is 0 Å². The molecule has 5 heteroatoms. The Morgan fingerprint density at radius 3 is 3.00 bits per heavy atom. The van der Waals surface area contributed by atoms with Crippen LogP contribution in [0.15, 0.2) is 24.5 Å². The predicted molar refractivity (Wildman–Crippen MR) is 73.9 cm³/mol. The van der Waals surface area contributed by atoms with Crippen molar-refractivity contribution < 1.29 is 4.79 Å². The Bertz CT molecular complexity index is 572. The minimum Gasteiger partial charge on any atom is -0.346 e. The number of nitrogens with zero attached hydrogens (tertiary/aromatic N) is 2. The van der Waals surface area contributed by atoms with Gasteiger partial charge in [0.15, 0.2) is 0 Å². The highest BCUT2D eigenvalue weighted by molar-refractivity contribution is 5.81. The number of aryl methyl sites for hydroxylation is 1. The lowest BCUT2D eigenvalue weighted by Gasteiger charge is -2.27. The maximum absolute atomic E-state index is 12.1. The van der Waals surface area contributed by atoms with Crippen molar-refractivity contribution in [2.45, 2.75) is 12.8 Å². The third-order valence-corrected chi connectivity index (χ3v) is 3.63. The Hall–Kier alpha value is -1.88. The lowest BCUT2D eigenvalue weighted by Crippen LogP contribution is -2.46. The van der Waals surface area contributed by atoms with Crippen LogP contribution in [0.5, 0.6) is 0 Å². The largest absolute Gasteiger partial charge is 0.346 e. The second-order valence-electron chi connectivity index (χ2n) is 4.84. The molecule has 1 aliphatic heterocycles. The van der Waals surface area contributed by atoms with Crippen molar-refractivity contribution in [2.75, 3.05) is 26.2 Å². The normalized spacial score (nSPS) is 15.9. The van der Waals surface area contributed by atoms with Gasteiger partial charge in [0, 0.05) is 50.4 Å². The van der Waals surface area contributed by atoms with Crippen LogP contribution >= 0.6 is 0 Å². The zero-order valence-electron chi connectivity index (χ0n) is 10.9. The third-order valence-electron chi connectivity index (χ3n) is 3.63. The van der Waals surface area contributed by atoms with Gasteiger partial charge in [0.1, 0.15) is 5.65 Å². The summed E-state index contributed by atoms with van der Waals surface area (Å²) in [6.07, 6.45) is 5.03. The Balaban J connectivity index is 1.65. The first-order valence-electron chi connectivity index (χ1n) is 6.74. The van der Waals surface area contributed by atoms with E-state index in [1.165, 1.54) is 5.56 Å². The fourth-order valence-corrected chi connectivity index (χ4v) is 2.55. The summed E-state index contributed by atoms with van der Waals surface area (Å²) in [6.45, 7) is 3.47. The number of carbonyl (C=O) groups is 1. The number of aromatic nitrogens is 2.